The molecule has 0 bridgehead atoms. The van der Waals surface area contributed by atoms with Crippen LogP contribution in [0.25, 0.3) is 0 Å². The topological polar surface area (TPSA) is 71.1 Å². The third-order valence-electron chi connectivity index (χ3n) is 1.74. The van der Waals surface area contributed by atoms with Gasteiger partial charge in [-0.2, -0.15) is 0 Å². The molecule has 0 atom stereocenters. The van der Waals surface area contributed by atoms with E-state index in [9.17, 15) is 8.42 Å². The van der Waals surface area contributed by atoms with Crippen molar-refractivity contribution in [1.29, 1.82) is 0 Å². The normalized spacial score (nSPS) is 12.5. The molecule has 0 radical (unpaired) electrons. The summed E-state index contributed by atoms with van der Waals surface area (Å²) < 4.78 is 26.5. The van der Waals surface area contributed by atoms with E-state index in [0.29, 0.717) is 5.82 Å². The van der Waals surface area contributed by atoms with Crippen molar-refractivity contribution in [2.45, 2.75) is 31.2 Å². The lowest BCUT2D eigenvalue weighted by molar-refractivity contribution is 0.491. The molecule has 0 aliphatic heterocycles. The van der Waals surface area contributed by atoms with Crippen LogP contribution in [0.4, 0.5) is 5.82 Å². The van der Waals surface area contributed by atoms with Gasteiger partial charge in [-0.3, -0.25) is 0 Å². The van der Waals surface area contributed by atoms with Gasteiger partial charge in [-0.1, -0.05) is 0 Å². The fourth-order valence-corrected chi connectivity index (χ4v) is 2.61. The molecule has 1 rings (SSSR count). The predicted octanol–water partition coefficient (Wildman–Crippen LogP) is 1.20. The second-order valence-corrected chi connectivity index (χ2v) is 6.16. The highest BCUT2D eigenvalue weighted by molar-refractivity contribution is 7.89. The largest absolute Gasteiger partial charge is 0.373 e. The molecule has 16 heavy (non-hydrogen) atoms. The molecule has 5 nitrogen and oxygen atoms in total. The highest BCUT2D eigenvalue weighted by atomic mass is 32.2. The van der Waals surface area contributed by atoms with Gasteiger partial charge in [-0.15, -0.1) is 0 Å². The first-order valence-corrected chi connectivity index (χ1v) is 6.41. The highest BCUT2D eigenvalue weighted by Gasteiger charge is 2.22. The SMILES string of the molecule is CNc1cc(S(=O)(=O)NC(C)(C)C)ccn1. The second-order valence-electron chi connectivity index (χ2n) is 4.48. The zero-order valence-electron chi connectivity index (χ0n) is 9.90. The maximum absolute atomic E-state index is 11.9. The standard InChI is InChI=1S/C10H17N3O2S/c1-10(2,3)13-16(14,15)8-5-6-12-9(7-8)11-4/h5-7,13H,1-4H3,(H,11,12). The van der Waals surface area contributed by atoms with Crippen LogP contribution in [0, 0.1) is 0 Å². The van der Waals surface area contributed by atoms with Crippen LogP contribution in [0.3, 0.4) is 0 Å². The van der Waals surface area contributed by atoms with Gasteiger partial charge in [0, 0.05) is 24.8 Å². The average molecular weight is 243 g/mol. The molecule has 0 spiro atoms. The monoisotopic (exact) mass is 243 g/mol. The van der Waals surface area contributed by atoms with Crippen molar-refractivity contribution in [3.63, 3.8) is 0 Å². The fraction of sp³-hybridized carbons (Fsp3) is 0.500. The first-order chi connectivity index (χ1) is 7.24. The lowest BCUT2D eigenvalue weighted by Crippen LogP contribution is -2.40. The molecule has 1 aromatic heterocycles. The number of sulfonamides is 1. The van der Waals surface area contributed by atoms with Gasteiger partial charge < -0.3 is 5.32 Å². The summed E-state index contributed by atoms with van der Waals surface area (Å²) in [5.41, 5.74) is -0.498. The van der Waals surface area contributed by atoms with E-state index in [2.05, 4.69) is 15.0 Å². The van der Waals surface area contributed by atoms with Gasteiger partial charge in [0.2, 0.25) is 10.0 Å². The minimum absolute atomic E-state index is 0.210. The van der Waals surface area contributed by atoms with Gasteiger partial charge in [0.15, 0.2) is 0 Å². The molecular weight excluding hydrogens is 226 g/mol. The third-order valence-corrected chi connectivity index (χ3v) is 3.49. The van der Waals surface area contributed by atoms with Gasteiger partial charge in [-0.25, -0.2) is 18.1 Å². The van der Waals surface area contributed by atoms with Crippen molar-refractivity contribution in [1.82, 2.24) is 9.71 Å². The van der Waals surface area contributed by atoms with Gasteiger partial charge in [0.25, 0.3) is 0 Å². The van der Waals surface area contributed by atoms with Crippen LogP contribution in [0.2, 0.25) is 0 Å². The van der Waals surface area contributed by atoms with E-state index in [-0.39, 0.29) is 4.90 Å². The van der Waals surface area contributed by atoms with Gasteiger partial charge in [-0.05, 0) is 26.8 Å². The van der Waals surface area contributed by atoms with Gasteiger partial charge >= 0.3 is 0 Å². The fourth-order valence-electron chi connectivity index (χ4n) is 1.18. The Bertz CT molecular complexity index is 463. The summed E-state index contributed by atoms with van der Waals surface area (Å²) in [5.74, 6) is 0.525. The molecule has 2 N–H and O–H groups in total. The Hall–Kier alpha value is -1.14. The van der Waals surface area contributed by atoms with Gasteiger partial charge in [0.1, 0.15) is 5.82 Å². The molecule has 0 saturated carbocycles. The summed E-state index contributed by atoms with van der Waals surface area (Å²) in [5, 5.41) is 2.80. The molecule has 90 valence electrons. The number of pyridine rings is 1. The van der Waals surface area contributed by atoms with Crippen molar-refractivity contribution in [3.8, 4) is 0 Å². The molecule has 1 aromatic rings. The summed E-state index contributed by atoms with van der Waals surface area (Å²) in [4.78, 5) is 4.17. The summed E-state index contributed by atoms with van der Waals surface area (Å²) >= 11 is 0. The van der Waals surface area contributed by atoms with E-state index in [1.54, 1.807) is 27.8 Å². The minimum atomic E-state index is -3.48. The maximum Gasteiger partial charge on any atom is 0.241 e. The van der Waals surface area contributed by atoms with Crippen LogP contribution < -0.4 is 10.0 Å². The van der Waals surface area contributed by atoms with E-state index in [1.807, 2.05) is 0 Å². The first-order valence-electron chi connectivity index (χ1n) is 4.92. The zero-order valence-corrected chi connectivity index (χ0v) is 10.7. The first kappa shape index (κ1) is 12.9. The number of nitrogens with zero attached hydrogens (tertiary/aromatic N) is 1. The maximum atomic E-state index is 11.9. The summed E-state index contributed by atoms with van der Waals surface area (Å²) in [6.45, 7) is 5.39. The number of nitrogens with one attached hydrogen (secondary N) is 2. The molecule has 0 aromatic carbocycles. The van der Waals surface area contributed by atoms with E-state index in [0.717, 1.165) is 0 Å². The molecule has 0 aliphatic rings. The average Bonchev–Trinajstić information content (AvgIpc) is 2.14. The lowest BCUT2D eigenvalue weighted by Gasteiger charge is -2.20. The Morgan fingerprint density at radius 3 is 2.44 bits per heavy atom. The Balaban J connectivity index is 3.08. The van der Waals surface area contributed by atoms with Crippen molar-refractivity contribution >= 4 is 15.8 Å². The van der Waals surface area contributed by atoms with Crippen molar-refractivity contribution < 1.29 is 8.42 Å². The Morgan fingerprint density at radius 2 is 1.94 bits per heavy atom. The highest BCUT2D eigenvalue weighted by Crippen LogP contribution is 2.14. The van der Waals surface area contributed by atoms with Crippen molar-refractivity contribution in [2.75, 3.05) is 12.4 Å². The van der Waals surface area contributed by atoms with E-state index < -0.39 is 15.6 Å². The van der Waals surface area contributed by atoms with Crippen LogP contribution >= 0.6 is 0 Å². The number of hydrogen-bond acceptors (Lipinski definition) is 4. The second kappa shape index (κ2) is 4.39. The number of rotatable bonds is 3. The van der Waals surface area contributed by atoms with Crippen LogP contribution in [0.5, 0.6) is 0 Å². The number of anilines is 1. The molecule has 1 heterocycles. The van der Waals surface area contributed by atoms with E-state index in [4.69, 9.17) is 0 Å². The molecular formula is C10H17N3O2S. The quantitative estimate of drug-likeness (QED) is 0.837. The third kappa shape index (κ3) is 3.46. The molecule has 6 heteroatoms. The molecule has 0 unspecified atom stereocenters. The molecule has 0 amide bonds. The molecule has 0 fully saturated rings. The van der Waals surface area contributed by atoms with Crippen molar-refractivity contribution in [3.05, 3.63) is 18.3 Å². The summed E-state index contributed by atoms with van der Waals surface area (Å²) in [7, 11) is -1.79. The Kier molecular flexibility index (Phi) is 3.54. The predicted molar refractivity (Wildman–Crippen MR) is 63.9 cm³/mol. The lowest BCUT2D eigenvalue weighted by atomic mass is 10.1. The number of hydrogen-bond donors (Lipinski definition) is 2. The van der Waals surface area contributed by atoms with Gasteiger partial charge in [0.05, 0.1) is 4.90 Å². The number of aromatic nitrogens is 1. The Morgan fingerprint density at radius 1 is 1.31 bits per heavy atom. The summed E-state index contributed by atoms with van der Waals surface area (Å²) in [6.07, 6.45) is 1.46. The van der Waals surface area contributed by atoms with E-state index in [1.165, 1.54) is 18.3 Å². The van der Waals surface area contributed by atoms with E-state index >= 15 is 0 Å². The van der Waals surface area contributed by atoms with Crippen molar-refractivity contribution in [2.24, 2.45) is 0 Å². The Labute approximate surface area is 96.3 Å². The van der Waals surface area contributed by atoms with Crippen LogP contribution in [0.1, 0.15) is 20.8 Å². The molecule has 0 aliphatic carbocycles. The zero-order chi connectivity index (χ0) is 12.4. The minimum Gasteiger partial charge on any atom is -0.373 e. The van der Waals surface area contributed by atoms with Crippen LogP contribution in [-0.2, 0) is 10.0 Å². The summed E-state index contributed by atoms with van der Waals surface area (Å²) in [6, 6.07) is 2.96. The van der Waals surface area contributed by atoms with Crippen LogP contribution in [0.15, 0.2) is 23.2 Å². The smallest absolute Gasteiger partial charge is 0.241 e. The van der Waals surface area contributed by atoms with Crippen LogP contribution in [-0.4, -0.2) is 26.0 Å². The molecule has 0 saturated heterocycles.